The van der Waals surface area contributed by atoms with Crippen molar-refractivity contribution < 1.29 is 13.9 Å². The fourth-order valence-electron chi connectivity index (χ4n) is 3.72. The first kappa shape index (κ1) is 21.0. The smallest absolute Gasteiger partial charge is 0.224 e. The predicted molar refractivity (Wildman–Crippen MR) is 119 cm³/mol. The second kappa shape index (κ2) is 9.30. The van der Waals surface area contributed by atoms with Crippen molar-refractivity contribution >= 4 is 23.8 Å². The van der Waals surface area contributed by atoms with Crippen molar-refractivity contribution in [2.45, 2.75) is 13.0 Å². The van der Waals surface area contributed by atoms with Crippen LogP contribution < -0.4 is 9.64 Å². The van der Waals surface area contributed by atoms with Crippen LogP contribution in [0.15, 0.2) is 48.5 Å². The number of carbonyl (C=O) groups is 1. The number of halogens is 1. The van der Waals surface area contributed by atoms with E-state index in [9.17, 15) is 9.18 Å². The van der Waals surface area contributed by atoms with E-state index < -0.39 is 0 Å². The van der Waals surface area contributed by atoms with Gasteiger partial charge in [-0.15, -0.1) is 0 Å². The maximum absolute atomic E-state index is 13.2. The van der Waals surface area contributed by atoms with Crippen molar-refractivity contribution in [1.29, 1.82) is 0 Å². The lowest BCUT2D eigenvalue weighted by molar-refractivity contribution is -0.131. The van der Waals surface area contributed by atoms with Crippen LogP contribution in [0.5, 0.6) is 5.75 Å². The number of nitrogens with zero attached hydrogens (tertiary/aromatic N) is 4. The van der Waals surface area contributed by atoms with E-state index in [2.05, 4.69) is 15.1 Å². The summed E-state index contributed by atoms with van der Waals surface area (Å²) in [6.07, 6.45) is 0.324. The van der Waals surface area contributed by atoms with E-state index in [-0.39, 0.29) is 11.7 Å². The Hall–Kier alpha value is -3.20. The molecule has 7 nitrogen and oxygen atoms in total. The highest BCUT2D eigenvalue weighted by molar-refractivity contribution is 7.71. The van der Waals surface area contributed by atoms with Crippen LogP contribution >= 0.6 is 12.2 Å². The van der Waals surface area contributed by atoms with Gasteiger partial charge in [-0.25, -0.2) is 4.39 Å². The van der Waals surface area contributed by atoms with Gasteiger partial charge in [0.1, 0.15) is 11.6 Å². The van der Waals surface area contributed by atoms with Crippen LogP contribution in [0.4, 0.5) is 10.1 Å². The van der Waals surface area contributed by atoms with Crippen molar-refractivity contribution in [2.75, 3.05) is 38.2 Å². The lowest BCUT2D eigenvalue weighted by atomic mass is 10.2. The number of hydrogen-bond donors (Lipinski definition) is 1. The number of methoxy groups -OCH3 is 1. The minimum atomic E-state index is -0.312. The summed E-state index contributed by atoms with van der Waals surface area (Å²) in [6.45, 7) is 3.33. The summed E-state index contributed by atoms with van der Waals surface area (Å²) in [5, 5.41) is 7.01. The minimum absolute atomic E-state index is 0.0857. The zero-order valence-corrected chi connectivity index (χ0v) is 18.1. The summed E-state index contributed by atoms with van der Waals surface area (Å²) in [5.74, 6) is 1.20. The number of rotatable bonds is 6. The second-order valence-corrected chi connectivity index (χ2v) is 7.71. The third-order valence-corrected chi connectivity index (χ3v) is 5.79. The Bertz CT molecular complexity index is 1090. The topological polar surface area (TPSA) is 66.4 Å². The molecule has 1 aromatic heterocycles. The Kier molecular flexibility index (Phi) is 6.31. The molecular weight excluding hydrogens is 417 g/mol. The van der Waals surface area contributed by atoms with Crippen LogP contribution in [0.2, 0.25) is 0 Å². The zero-order valence-electron chi connectivity index (χ0n) is 17.3. The zero-order chi connectivity index (χ0) is 21.8. The third-order valence-electron chi connectivity index (χ3n) is 5.48. The van der Waals surface area contributed by atoms with Gasteiger partial charge in [-0.2, -0.15) is 5.10 Å². The summed E-state index contributed by atoms with van der Waals surface area (Å²) in [5.41, 5.74) is 1.87. The fraction of sp³-hybridized carbons (Fsp3) is 0.318. The van der Waals surface area contributed by atoms with Gasteiger partial charge in [0.05, 0.1) is 7.11 Å². The molecule has 4 rings (SSSR count). The van der Waals surface area contributed by atoms with Gasteiger partial charge in [0.2, 0.25) is 5.91 Å². The molecule has 0 saturated carbocycles. The molecule has 0 aliphatic carbocycles. The van der Waals surface area contributed by atoms with Gasteiger partial charge in [0, 0.05) is 50.4 Å². The van der Waals surface area contributed by atoms with Gasteiger partial charge in [0.15, 0.2) is 10.6 Å². The monoisotopic (exact) mass is 441 g/mol. The number of carbonyl (C=O) groups excluding carboxylic acids is 1. The van der Waals surface area contributed by atoms with Crippen molar-refractivity contribution in [2.24, 2.45) is 0 Å². The number of H-pyrrole nitrogens is 1. The van der Waals surface area contributed by atoms with Crippen LogP contribution in [-0.4, -0.2) is 58.9 Å². The van der Waals surface area contributed by atoms with E-state index in [1.807, 2.05) is 29.2 Å². The standard InChI is InChI=1S/C22H24FN5O2S/c1-30-19-8-6-18(7-9-19)26-12-14-27(15-13-26)20(29)10-11-28-21(24-25-22(28)31)16-2-4-17(23)5-3-16/h2-9H,10-15H2,1H3,(H,25,31). The number of amides is 1. The highest BCUT2D eigenvalue weighted by Crippen LogP contribution is 2.21. The van der Waals surface area contributed by atoms with Crippen LogP contribution in [0, 0.1) is 10.6 Å². The highest BCUT2D eigenvalue weighted by Gasteiger charge is 2.21. The van der Waals surface area contributed by atoms with E-state index in [0.29, 0.717) is 36.7 Å². The molecule has 9 heteroatoms. The second-order valence-electron chi connectivity index (χ2n) is 7.33. The Balaban J connectivity index is 1.34. The average Bonchev–Trinajstić information content (AvgIpc) is 3.18. The highest BCUT2D eigenvalue weighted by atomic mass is 32.1. The molecule has 0 radical (unpaired) electrons. The molecule has 2 heterocycles. The van der Waals surface area contributed by atoms with E-state index >= 15 is 0 Å². The Labute approximate surface area is 185 Å². The molecule has 1 N–H and O–H groups in total. The number of aromatic amines is 1. The van der Waals surface area contributed by atoms with Crippen molar-refractivity contribution in [1.82, 2.24) is 19.7 Å². The quantitative estimate of drug-likeness (QED) is 0.593. The number of hydrogen-bond acceptors (Lipinski definition) is 5. The van der Waals surface area contributed by atoms with E-state index in [0.717, 1.165) is 30.1 Å². The molecule has 31 heavy (non-hydrogen) atoms. The lowest BCUT2D eigenvalue weighted by Gasteiger charge is -2.36. The van der Waals surface area contributed by atoms with Gasteiger partial charge in [-0.1, -0.05) is 0 Å². The van der Waals surface area contributed by atoms with E-state index in [1.54, 1.807) is 23.8 Å². The van der Waals surface area contributed by atoms with Crippen molar-refractivity contribution in [3.05, 3.63) is 59.1 Å². The number of benzene rings is 2. The number of anilines is 1. The summed E-state index contributed by atoms with van der Waals surface area (Å²) < 4.78 is 20.7. The molecule has 1 amide bonds. The molecule has 1 aliphatic heterocycles. The Morgan fingerprint density at radius 2 is 1.77 bits per heavy atom. The number of ether oxygens (including phenoxy) is 1. The van der Waals surface area contributed by atoms with Crippen LogP contribution in [-0.2, 0) is 11.3 Å². The maximum Gasteiger partial charge on any atom is 0.224 e. The first-order chi connectivity index (χ1) is 15.0. The first-order valence-electron chi connectivity index (χ1n) is 10.1. The molecule has 1 aliphatic rings. The molecule has 2 aromatic carbocycles. The molecule has 3 aromatic rings. The van der Waals surface area contributed by atoms with Gasteiger partial charge in [-0.05, 0) is 60.7 Å². The van der Waals surface area contributed by atoms with Gasteiger partial charge >= 0.3 is 0 Å². The number of nitrogens with one attached hydrogen (secondary N) is 1. The molecule has 162 valence electrons. The Morgan fingerprint density at radius 1 is 1.10 bits per heavy atom. The molecule has 0 bridgehead atoms. The lowest BCUT2D eigenvalue weighted by Crippen LogP contribution is -2.49. The van der Waals surface area contributed by atoms with Gasteiger partial charge in [0.25, 0.3) is 0 Å². The summed E-state index contributed by atoms with van der Waals surface area (Å²) in [7, 11) is 1.65. The molecular formula is C22H24FN5O2S. The van der Waals surface area contributed by atoms with Crippen LogP contribution in [0.3, 0.4) is 0 Å². The van der Waals surface area contributed by atoms with E-state index in [4.69, 9.17) is 17.0 Å². The van der Waals surface area contributed by atoms with Crippen LogP contribution in [0.1, 0.15) is 6.42 Å². The normalized spacial score (nSPS) is 14.0. The SMILES string of the molecule is COc1ccc(N2CCN(C(=O)CCn3c(-c4ccc(F)cc4)n[nH]c3=S)CC2)cc1. The largest absolute Gasteiger partial charge is 0.497 e. The van der Waals surface area contributed by atoms with Crippen molar-refractivity contribution in [3.8, 4) is 17.1 Å². The fourth-order valence-corrected chi connectivity index (χ4v) is 3.94. The molecule has 0 atom stereocenters. The third kappa shape index (κ3) is 4.77. The van der Waals surface area contributed by atoms with Gasteiger partial charge < -0.3 is 14.5 Å². The van der Waals surface area contributed by atoms with E-state index in [1.165, 1.54) is 12.1 Å². The molecule has 1 fully saturated rings. The first-order valence-corrected chi connectivity index (χ1v) is 10.5. The summed E-state index contributed by atoms with van der Waals surface area (Å²) in [4.78, 5) is 16.9. The Morgan fingerprint density at radius 3 is 2.42 bits per heavy atom. The molecule has 0 unspecified atom stereocenters. The predicted octanol–water partition coefficient (Wildman–Crippen LogP) is 3.49. The molecule has 0 spiro atoms. The van der Waals surface area contributed by atoms with Crippen LogP contribution in [0.25, 0.3) is 11.4 Å². The van der Waals surface area contributed by atoms with Gasteiger partial charge in [-0.3, -0.25) is 14.5 Å². The van der Waals surface area contributed by atoms with Crippen molar-refractivity contribution in [3.63, 3.8) is 0 Å². The minimum Gasteiger partial charge on any atom is -0.497 e. The molecule has 1 saturated heterocycles. The average molecular weight is 442 g/mol. The number of aromatic nitrogens is 3. The number of piperazine rings is 1. The summed E-state index contributed by atoms with van der Waals surface area (Å²) in [6, 6.07) is 14.0. The summed E-state index contributed by atoms with van der Waals surface area (Å²) >= 11 is 5.32. The maximum atomic E-state index is 13.2.